The van der Waals surface area contributed by atoms with Crippen LogP contribution in [0.3, 0.4) is 0 Å². The maximum absolute atomic E-state index is 13.1. The summed E-state index contributed by atoms with van der Waals surface area (Å²) in [6.45, 7) is 6.95. The van der Waals surface area contributed by atoms with E-state index in [0.29, 0.717) is 5.69 Å². The van der Waals surface area contributed by atoms with Gasteiger partial charge in [-0.1, -0.05) is 37.3 Å². The van der Waals surface area contributed by atoms with E-state index in [1.807, 2.05) is 30.3 Å². The zero-order valence-electron chi connectivity index (χ0n) is 15.2. The van der Waals surface area contributed by atoms with Gasteiger partial charge in [-0.2, -0.15) is 0 Å². The van der Waals surface area contributed by atoms with E-state index in [0.717, 1.165) is 44.7 Å². The Hall–Kier alpha value is -2.24. The number of carbonyl (C=O) groups excluding carboxylic acids is 1. The average molecular weight is 355 g/mol. The topological polar surface area (TPSA) is 35.6 Å². The maximum Gasteiger partial charge on any atom is 0.246 e. The summed E-state index contributed by atoms with van der Waals surface area (Å²) in [6, 6.07) is 15.4. The lowest BCUT2D eigenvalue weighted by molar-refractivity contribution is -0.122. The molecule has 1 N–H and O–H groups in total. The number of halogens is 1. The summed E-state index contributed by atoms with van der Waals surface area (Å²) in [6.07, 6.45) is 1.15. The van der Waals surface area contributed by atoms with Crippen LogP contribution in [0.25, 0.3) is 0 Å². The van der Waals surface area contributed by atoms with Crippen molar-refractivity contribution in [3.8, 4) is 0 Å². The third kappa shape index (κ3) is 4.68. The molecule has 1 aliphatic rings. The average Bonchev–Trinajstić information content (AvgIpc) is 2.66. The van der Waals surface area contributed by atoms with Crippen LogP contribution in [0.4, 0.5) is 10.1 Å². The predicted molar refractivity (Wildman–Crippen MR) is 103 cm³/mol. The minimum absolute atomic E-state index is 0.0771. The highest BCUT2D eigenvalue weighted by Gasteiger charge is 2.30. The fraction of sp³-hybridized carbons (Fsp3) is 0.381. The quantitative estimate of drug-likeness (QED) is 0.861. The maximum atomic E-state index is 13.1. The number of anilines is 1. The number of piperazine rings is 1. The lowest BCUT2D eigenvalue weighted by Crippen LogP contribution is -2.50. The van der Waals surface area contributed by atoms with Crippen LogP contribution >= 0.6 is 0 Å². The number of rotatable bonds is 6. The second-order valence-corrected chi connectivity index (χ2v) is 6.69. The van der Waals surface area contributed by atoms with Gasteiger partial charge in [-0.15, -0.1) is 0 Å². The monoisotopic (exact) mass is 355 g/mol. The van der Waals surface area contributed by atoms with Crippen LogP contribution in [0.2, 0.25) is 0 Å². The molecule has 0 aliphatic carbocycles. The van der Waals surface area contributed by atoms with Crippen molar-refractivity contribution in [3.05, 3.63) is 66.0 Å². The standard InChI is InChI=1S/C21H26FN3O/c1-2-12-24-13-15-25(16-14-24)20(17-6-4-3-5-7-17)21(26)23-19-10-8-18(22)9-11-19/h3-11,20H,2,12-16H2,1H3,(H,23,26). The number of nitrogens with zero attached hydrogens (tertiary/aromatic N) is 2. The van der Waals surface area contributed by atoms with Crippen molar-refractivity contribution in [2.45, 2.75) is 19.4 Å². The first-order valence-electron chi connectivity index (χ1n) is 9.25. The van der Waals surface area contributed by atoms with Crippen molar-refractivity contribution in [2.24, 2.45) is 0 Å². The van der Waals surface area contributed by atoms with E-state index in [1.165, 1.54) is 12.1 Å². The minimum atomic E-state index is -0.343. The Bertz CT molecular complexity index is 697. The molecule has 1 heterocycles. The van der Waals surface area contributed by atoms with Crippen LogP contribution < -0.4 is 5.32 Å². The van der Waals surface area contributed by atoms with E-state index in [4.69, 9.17) is 0 Å². The third-order valence-electron chi connectivity index (χ3n) is 4.79. The van der Waals surface area contributed by atoms with Crippen LogP contribution in [-0.4, -0.2) is 48.4 Å². The number of hydrogen-bond donors (Lipinski definition) is 1. The molecule has 2 aromatic rings. The zero-order chi connectivity index (χ0) is 18.4. The van der Waals surface area contributed by atoms with Crippen molar-refractivity contribution >= 4 is 11.6 Å². The summed E-state index contributed by atoms with van der Waals surface area (Å²) < 4.78 is 13.1. The fourth-order valence-corrected chi connectivity index (χ4v) is 3.47. The molecule has 1 fully saturated rings. The van der Waals surface area contributed by atoms with E-state index in [9.17, 15) is 9.18 Å². The molecule has 0 aromatic heterocycles. The Morgan fingerprint density at radius 3 is 2.31 bits per heavy atom. The van der Waals surface area contributed by atoms with Gasteiger partial charge in [0.25, 0.3) is 0 Å². The predicted octanol–water partition coefficient (Wildman–Crippen LogP) is 3.53. The Balaban J connectivity index is 1.75. The molecule has 0 saturated carbocycles. The first-order chi connectivity index (χ1) is 12.7. The Morgan fingerprint density at radius 1 is 1.04 bits per heavy atom. The SMILES string of the molecule is CCCN1CCN(C(C(=O)Nc2ccc(F)cc2)c2ccccc2)CC1. The highest BCUT2D eigenvalue weighted by Crippen LogP contribution is 2.24. The molecule has 0 bridgehead atoms. The highest BCUT2D eigenvalue weighted by molar-refractivity contribution is 5.95. The molecule has 1 aliphatic heterocycles. The van der Waals surface area contributed by atoms with Gasteiger partial charge < -0.3 is 10.2 Å². The van der Waals surface area contributed by atoms with Crippen molar-refractivity contribution < 1.29 is 9.18 Å². The smallest absolute Gasteiger partial charge is 0.246 e. The van der Waals surface area contributed by atoms with Gasteiger partial charge in [-0.05, 0) is 42.8 Å². The minimum Gasteiger partial charge on any atom is -0.324 e. The summed E-state index contributed by atoms with van der Waals surface area (Å²) in [4.78, 5) is 17.7. The number of carbonyl (C=O) groups is 1. The van der Waals surface area contributed by atoms with Crippen LogP contribution in [0.5, 0.6) is 0 Å². The van der Waals surface area contributed by atoms with E-state index in [2.05, 4.69) is 22.0 Å². The molecule has 3 rings (SSSR count). The van der Waals surface area contributed by atoms with Crippen LogP contribution in [0.15, 0.2) is 54.6 Å². The van der Waals surface area contributed by atoms with Crippen LogP contribution in [0, 0.1) is 5.82 Å². The number of amides is 1. The number of hydrogen-bond acceptors (Lipinski definition) is 3. The molecule has 26 heavy (non-hydrogen) atoms. The Labute approximate surface area is 154 Å². The third-order valence-corrected chi connectivity index (χ3v) is 4.79. The molecule has 1 saturated heterocycles. The van der Waals surface area contributed by atoms with E-state index < -0.39 is 0 Å². The number of nitrogens with one attached hydrogen (secondary N) is 1. The van der Waals surface area contributed by atoms with Gasteiger partial charge in [-0.3, -0.25) is 9.69 Å². The van der Waals surface area contributed by atoms with Gasteiger partial charge in [0.1, 0.15) is 11.9 Å². The second kappa shape index (κ2) is 8.92. The lowest BCUT2D eigenvalue weighted by Gasteiger charge is -2.38. The highest BCUT2D eigenvalue weighted by atomic mass is 19.1. The van der Waals surface area contributed by atoms with E-state index >= 15 is 0 Å². The summed E-state index contributed by atoms with van der Waals surface area (Å²) in [5, 5.41) is 2.94. The lowest BCUT2D eigenvalue weighted by atomic mass is 10.0. The van der Waals surface area contributed by atoms with Crippen molar-refractivity contribution in [1.82, 2.24) is 9.80 Å². The second-order valence-electron chi connectivity index (χ2n) is 6.69. The molecule has 4 nitrogen and oxygen atoms in total. The Kier molecular flexibility index (Phi) is 6.36. The van der Waals surface area contributed by atoms with Gasteiger partial charge in [0.2, 0.25) is 5.91 Å². The van der Waals surface area contributed by atoms with Gasteiger partial charge >= 0.3 is 0 Å². The molecular weight excluding hydrogens is 329 g/mol. The van der Waals surface area contributed by atoms with Crippen molar-refractivity contribution in [3.63, 3.8) is 0 Å². The molecule has 0 radical (unpaired) electrons. The summed E-state index contributed by atoms with van der Waals surface area (Å²) in [5.41, 5.74) is 1.60. The largest absolute Gasteiger partial charge is 0.324 e. The van der Waals surface area contributed by atoms with Gasteiger partial charge in [-0.25, -0.2) is 4.39 Å². The van der Waals surface area contributed by atoms with Gasteiger partial charge in [0.15, 0.2) is 0 Å². The fourth-order valence-electron chi connectivity index (χ4n) is 3.47. The normalized spacial score (nSPS) is 17.0. The van der Waals surface area contributed by atoms with Crippen molar-refractivity contribution in [1.29, 1.82) is 0 Å². The molecule has 2 aromatic carbocycles. The summed E-state index contributed by atoms with van der Waals surface area (Å²) >= 11 is 0. The van der Waals surface area contributed by atoms with E-state index in [1.54, 1.807) is 12.1 Å². The Morgan fingerprint density at radius 2 is 1.69 bits per heavy atom. The molecule has 0 spiro atoms. The summed E-state index contributed by atoms with van der Waals surface area (Å²) in [7, 11) is 0. The molecule has 1 atom stereocenters. The summed E-state index contributed by atoms with van der Waals surface area (Å²) in [5.74, 6) is -0.388. The molecule has 138 valence electrons. The molecular formula is C21H26FN3O. The molecule has 1 amide bonds. The first-order valence-corrected chi connectivity index (χ1v) is 9.25. The zero-order valence-corrected chi connectivity index (χ0v) is 15.2. The van der Waals surface area contributed by atoms with Crippen molar-refractivity contribution in [2.75, 3.05) is 38.0 Å². The van der Waals surface area contributed by atoms with E-state index in [-0.39, 0.29) is 17.8 Å². The van der Waals surface area contributed by atoms with Gasteiger partial charge in [0, 0.05) is 31.9 Å². The number of benzene rings is 2. The molecule has 5 heteroatoms. The van der Waals surface area contributed by atoms with Crippen LogP contribution in [0.1, 0.15) is 24.9 Å². The van der Waals surface area contributed by atoms with Gasteiger partial charge in [0.05, 0.1) is 0 Å². The molecule has 1 unspecified atom stereocenters. The van der Waals surface area contributed by atoms with Crippen LogP contribution in [-0.2, 0) is 4.79 Å². The first kappa shape index (κ1) is 18.5.